The summed E-state index contributed by atoms with van der Waals surface area (Å²) in [5, 5.41) is 2.67. The molecule has 1 fully saturated rings. The topological polar surface area (TPSA) is 49.4 Å². The van der Waals surface area contributed by atoms with Crippen molar-refractivity contribution in [2.75, 3.05) is 13.1 Å². The summed E-state index contributed by atoms with van der Waals surface area (Å²) < 4.78 is 13.8. The molecule has 0 radical (unpaired) electrons. The number of hydrogen-bond acceptors (Lipinski definition) is 2. The molecule has 22 heavy (non-hydrogen) atoms. The van der Waals surface area contributed by atoms with Gasteiger partial charge in [0, 0.05) is 13.1 Å². The molecule has 1 aliphatic heterocycles. The Morgan fingerprint density at radius 3 is 2.45 bits per heavy atom. The maximum Gasteiger partial charge on any atom is 0.256 e. The number of nitrogens with one attached hydrogen (secondary N) is 1. The normalized spacial score (nSPS) is 16.0. The highest BCUT2D eigenvalue weighted by molar-refractivity contribution is 6.33. The van der Waals surface area contributed by atoms with Crippen LogP contribution in [0.15, 0.2) is 18.2 Å². The van der Waals surface area contributed by atoms with Gasteiger partial charge < -0.3 is 10.2 Å². The Morgan fingerprint density at radius 1 is 1.27 bits per heavy atom. The average Bonchev–Trinajstić information content (AvgIpc) is 2.97. The van der Waals surface area contributed by atoms with Crippen LogP contribution in [0, 0.1) is 11.7 Å². The van der Waals surface area contributed by atoms with E-state index >= 15 is 0 Å². The highest BCUT2D eigenvalue weighted by Gasteiger charge is 2.31. The Bertz CT molecular complexity index is 551. The summed E-state index contributed by atoms with van der Waals surface area (Å²) >= 11 is 5.90. The second kappa shape index (κ2) is 7.09. The number of rotatable bonds is 4. The van der Waals surface area contributed by atoms with Crippen LogP contribution in [0.4, 0.5) is 4.39 Å². The standard InChI is InChI=1S/C16H20ClFN2O2/c1-10(2)14(16(22)20-8-3-4-9-20)19-15(21)13-11(17)6-5-7-12(13)18/h5-7,10,14H,3-4,8-9H2,1-2H3,(H,19,21)/t14-/m1/s1. The molecule has 1 atom stereocenters. The second-order valence-electron chi connectivity index (χ2n) is 5.82. The van der Waals surface area contributed by atoms with E-state index in [1.165, 1.54) is 18.2 Å². The van der Waals surface area contributed by atoms with Gasteiger partial charge in [-0.05, 0) is 30.9 Å². The third kappa shape index (κ3) is 3.58. The number of nitrogens with zero attached hydrogens (tertiary/aromatic N) is 1. The van der Waals surface area contributed by atoms with Crippen molar-refractivity contribution >= 4 is 23.4 Å². The third-order valence-electron chi connectivity index (χ3n) is 3.83. The van der Waals surface area contributed by atoms with Gasteiger partial charge in [-0.2, -0.15) is 0 Å². The SMILES string of the molecule is CC(C)[C@@H](NC(=O)c1c(F)cccc1Cl)C(=O)N1CCCC1. The molecule has 1 aliphatic rings. The molecule has 0 spiro atoms. The molecule has 1 aromatic rings. The fourth-order valence-electron chi connectivity index (χ4n) is 2.58. The minimum atomic E-state index is -0.693. The lowest BCUT2D eigenvalue weighted by atomic mass is 10.0. The number of carbonyl (C=O) groups excluding carboxylic acids is 2. The molecule has 1 heterocycles. The summed E-state index contributed by atoms with van der Waals surface area (Å²) in [6.07, 6.45) is 1.95. The van der Waals surface area contributed by atoms with Crippen molar-refractivity contribution in [3.63, 3.8) is 0 Å². The highest BCUT2D eigenvalue weighted by Crippen LogP contribution is 2.20. The molecule has 0 saturated carbocycles. The van der Waals surface area contributed by atoms with Crippen LogP contribution < -0.4 is 5.32 Å². The molecule has 0 bridgehead atoms. The van der Waals surface area contributed by atoms with Crippen LogP contribution >= 0.6 is 11.6 Å². The minimum Gasteiger partial charge on any atom is -0.341 e. The number of halogens is 2. The van der Waals surface area contributed by atoms with Crippen molar-refractivity contribution in [1.82, 2.24) is 10.2 Å². The fourth-order valence-corrected chi connectivity index (χ4v) is 2.82. The van der Waals surface area contributed by atoms with Crippen molar-refractivity contribution in [2.45, 2.75) is 32.7 Å². The summed E-state index contributed by atoms with van der Waals surface area (Å²) in [5.74, 6) is -1.56. The zero-order valence-electron chi connectivity index (χ0n) is 12.7. The van der Waals surface area contributed by atoms with Gasteiger partial charge in [0.05, 0.1) is 10.6 Å². The number of benzene rings is 1. The summed E-state index contributed by atoms with van der Waals surface area (Å²) in [4.78, 5) is 26.6. The van der Waals surface area contributed by atoms with E-state index in [0.717, 1.165) is 12.8 Å². The van der Waals surface area contributed by atoms with Crippen LogP contribution in [0.3, 0.4) is 0 Å². The Hall–Kier alpha value is -1.62. The lowest BCUT2D eigenvalue weighted by Gasteiger charge is -2.26. The van der Waals surface area contributed by atoms with Gasteiger partial charge in [0.1, 0.15) is 11.9 Å². The van der Waals surface area contributed by atoms with Gasteiger partial charge in [-0.1, -0.05) is 31.5 Å². The zero-order chi connectivity index (χ0) is 16.3. The van der Waals surface area contributed by atoms with Crippen LogP contribution in [0.25, 0.3) is 0 Å². The van der Waals surface area contributed by atoms with E-state index in [2.05, 4.69) is 5.32 Å². The predicted octanol–water partition coefficient (Wildman–Crippen LogP) is 2.86. The number of likely N-dealkylation sites (tertiary alicyclic amines) is 1. The second-order valence-corrected chi connectivity index (χ2v) is 6.23. The van der Waals surface area contributed by atoms with Gasteiger partial charge in [-0.3, -0.25) is 9.59 Å². The lowest BCUT2D eigenvalue weighted by molar-refractivity contribution is -0.133. The summed E-state index contributed by atoms with van der Waals surface area (Å²) in [7, 11) is 0. The van der Waals surface area contributed by atoms with E-state index in [9.17, 15) is 14.0 Å². The molecule has 0 aliphatic carbocycles. The van der Waals surface area contributed by atoms with Gasteiger partial charge >= 0.3 is 0 Å². The minimum absolute atomic E-state index is 0.0358. The number of amides is 2. The van der Waals surface area contributed by atoms with E-state index in [1.54, 1.807) is 4.90 Å². The van der Waals surface area contributed by atoms with Crippen LogP contribution in [-0.2, 0) is 4.79 Å². The van der Waals surface area contributed by atoms with Gasteiger partial charge in [0.25, 0.3) is 5.91 Å². The van der Waals surface area contributed by atoms with Crippen LogP contribution in [0.5, 0.6) is 0 Å². The first-order valence-electron chi connectivity index (χ1n) is 7.45. The van der Waals surface area contributed by atoms with E-state index < -0.39 is 17.8 Å². The van der Waals surface area contributed by atoms with Crippen LogP contribution in [-0.4, -0.2) is 35.8 Å². The molecular weight excluding hydrogens is 307 g/mol. The molecule has 1 saturated heterocycles. The number of carbonyl (C=O) groups is 2. The van der Waals surface area contributed by atoms with Gasteiger partial charge in [0.15, 0.2) is 0 Å². The maximum absolute atomic E-state index is 13.8. The molecule has 120 valence electrons. The molecule has 0 aromatic heterocycles. The molecular formula is C16H20ClFN2O2. The summed E-state index contributed by atoms with van der Waals surface area (Å²) in [5.41, 5.74) is -0.218. The molecule has 1 N–H and O–H groups in total. The number of hydrogen-bond donors (Lipinski definition) is 1. The van der Waals surface area contributed by atoms with Crippen molar-refractivity contribution in [3.8, 4) is 0 Å². The summed E-state index contributed by atoms with van der Waals surface area (Å²) in [6.45, 7) is 5.11. The van der Waals surface area contributed by atoms with Crippen molar-refractivity contribution in [1.29, 1.82) is 0 Å². The monoisotopic (exact) mass is 326 g/mol. The Balaban J connectivity index is 2.17. The maximum atomic E-state index is 13.8. The Morgan fingerprint density at radius 2 is 1.91 bits per heavy atom. The highest BCUT2D eigenvalue weighted by atomic mass is 35.5. The van der Waals surface area contributed by atoms with Gasteiger partial charge in [-0.25, -0.2) is 4.39 Å². The molecule has 2 amide bonds. The molecule has 2 rings (SSSR count). The molecule has 6 heteroatoms. The Labute approximate surface area is 134 Å². The van der Waals surface area contributed by atoms with Gasteiger partial charge in [-0.15, -0.1) is 0 Å². The smallest absolute Gasteiger partial charge is 0.256 e. The molecule has 0 unspecified atom stereocenters. The molecule has 1 aromatic carbocycles. The first kappa shape index (κ1) is 16.7. The van der Waals surface area contributed by atoms with Crippen molar-refractivity contribution in [2.24, 2.45) is 5.92 Å². The molecule has 4 nitrogen and oxygen atoms in total. The first-order valence-corrected chi connectivity index (χ1v) is 7.83. The largest absolute Gasteiger partial charge is 0.341 e. The Kier molecular flexibility index (Phi) is 5.40. The van der Waals surface area contributed by atoms with E-state index in [0.29, 0.717) is 13.1 Å². The van der Waals surface area contributed by atoms with Crippen molar-refractivity contribution < 1.29 is 14.0 Å². The van der Waals surface area contributed by atoms with Gasteiger partial charge in [0.2, 0.25) is 5.91 Å². The first-order chi connectivity index (χ1) is 10.4. The third-order valence-corrected chi connectivity index (χ3v) is 4.14. The lowest BCUT2D eigenvalue weighted by Crippen LogP contribution is -2.50. The quantitative estimate of drug-likeness (QED) is 0.925. The predicted molar refractivity (Wildman–Crippen MR) is 83.3 cm³/mol. The van der Waals surface area contributed by atoms with E-state index in [1.807, 2.05) is 13.8 Å². The summed E-state index contributed by atoms with van der Waals surface area (Å²) in [6, 6.07) is 3.38. The average molecular weight is 327 g/mol. The zero-order valence-corrected chi connectivity index (χ0v) is 13.5. The van der Waals surface area contributed by atoms with E-state index in [4.69, 9.17) is 11.6 Å². The van der Waals surface area contributed by atoms with Crippen LogP contribution in [0.1, 0.15) is 37.0 Å². The van der Waals surface area contributed by atoms with Crippen molar-refractivity contribution in [3.05, 3.63) is 34.6 Å². The van der Waals surface area contributed by atoms with Crippen LogP contribution in [0.2, 0.25) is 5.02 Å². The fraction of sp³-hybridized carbons (Fsp3) is 0.500. The van der Waals surface area contributed by atoms with E-state index in [-0.39, 0.29) is 22.4 Å².